The smallest absolute Gasteiger partial charge is 0.345 e. The van der Waals surface area contributed by atoms with E-state index in [4.69, 9.17) is 4.74 Å². The number of aromatic amines is 1. The Bertz CT molecular complexity index is 848. The number of carbonyl (C=O) groups excluding carboxylic acids is 1. The lowest BCUT2D eigenvalue weighted by molar-refractivity contribution is 0.0544. The van der Waals surface area contributed by atoms with Crippen molar-refractivity contribution in [2.75, 3.05) is 6.61 Å². The number of nitrogens with one attached hydrogen (secondary N) is 1. The molecule has 0 bridgehead atoms. The van der Waals surface area contributed by atoms with Crippen molar-refractivity contribution in [2.45, 2.75) is 26.3 Å². The van der Waals surface area contributed by atoms with Gasteiger partial charge in [-0.25, -0.2) is 9.59 Å². The topological polar surface area (TPSA) is 81.2 Å². The van der Waals surface area contributed by atoms with Gasteiger partial charge < -0.3 is 4.74 Å². The van der Waals surface area contributed by atoms with Crippen LogP contribution in [0.3, 0.4) is 0 Å². The average molecular weight is 328 g/mol. The van der Waals surface area contributed by atoms with Crippen molar-refractivity contribution in [1.82, 2.24) is 9.55 Å². The third-order valence-corrected chi connectivity index (χ3v) is 3.51. The molecule has 24 heavy (non-hydrogen) atoms. The molecule has 0 fully saturated rings. The van der Waals surface area contributed by atoms with Gasteiger partial charge in [-0.15, -0.1) is 0 Å². The monoisotopic (exact) mass is 328 g/mol. The van der Waals surface area contributed by atoms with Gasteiger partial charge in [0.1, 0.15) is 12.2 Å². The number of hydrogen-bond acceptors (Lipinski definition) is 4. The number of rotatable bonds is 6. The van der Waals surface area contributed by atoms with E-state index in [-0.39, 0.29) is 24.6 Å². The van der Waals surface area contributed by atoms with Gasteiger partial charge >= 0.3 is 11.7 Å². The minimum absolute atomic E-state index is 0.0101. The largest absolute Gasteiger partial charge is 0.458 e. The van der Waals surface area contributed by atoms with Crippen LogP contribution in [0.5, 0.6) is 0 Å². The van der Waals surface area contributed by atoms with Crippen LogP contribution >= 0.6 is 0 Å². The predicted molar refractivity (Wildman–Crippen MR) is 91.4 cm³/mol. The molecule has 2 rings (SSSR count). The zero-order valence-corrected chi connectivity index (χ0v) is 13.7. The van der Waals surface area contributed by atoms with Crippen LogP contribution in [0.2, 0.25) is 0 Å². The molecule has 0 atom stereocenters. The first-order valence-electron chi connectivity index (χ1n) is 7.65. The molecule has 6 heteroatoms. The van der Waals surface area contributed by atoms with E-state index in [9.17, 15) is 14.4 Å². The van der Waals surface area contributed by atoms with Gasteiger partial charge in [0.25, 0.3) is 5.56 Å². The fourth-order valence-corrected chi connectivity index (χ4v) is 2.52. The summed E-state index contributed by atoms with van der Waals surface area (Å²) >= 11 is 0. The van der Waals surface area contributed by atoms with Gasteiger partial charge in [-0.2, -0.15) is 0 Å². The van der Waals surface area contributed by atoms with Gasteiger partial charge in [0.05, 0.1) is 0 Å². The zero-order chi connectivity index (χ0) is 17.7. The Morgan fingerprint density at radius 1 is 1.29 bits per heavy atom. The van der Waals surface area contributed by atoms with Crippen molar-refractivity contribution >= 4 is 5.97 Å². The molecule has 0 unspecified atom stereocenters. The number of aromatic nitrogens is 2. The van der Waals surface area contributed by atoms with E-state index in [0.29, 0.717) is 5.69 Å². The first-order chi connectivity index (χ1) is 11.5. The van der Waals surface area contributed by atoms with Crippen LogP contribution in [0.25, 0.3) is 0 Å². The Kier molecular flexibility index (Phi) is 5.52. The lowest BCUT2D eigenvalue weighted by Gasteiger charge is -2.18. The molecular weight excluding hydrogens is 308 g/mol. The molecular formula is C18H20N2O4. The van der Waals surface area contributed by atoms with Crippen LogP contribution in [0, 0.1) is 0 Å². The van der Waals surface area contributed by atoms with Gasteiger partial charge in [0, 0.05) is 18.2 Å². The molecule has 0 radical (unpaired) electrons. The number of carbonyl (C=O) groups is 1. The van der Waals surface area contributed by atoms with E-state index in [1.165, 1.54) is 10.6 Å². The van der Waals surface area contributed by atoms with Crippen molar-refractivity contribution in [1.29, 1.82) is 0 Å². The molecule has 6 nitrogen and oxygen atoms in total. The average Bonchev–Trinajstić information content (AvgIpc) is 2.53. The summed E-state index contributed by atoms with van der Waals surface area (Å²) in [5.74, 6) is -0.767. The van der Waals surface area contributed by atoms with Crippen LogP contribution in [-0.2, 0) is 11.2 Å². The summed E-state index contributed by atoms with van der Waals surface area (Å²) in [4.78, 5) is 39.0. The standard InChI is InChI=1S/C18H20N2O4/c1-4-10-24-17(22)15-14(11-13-8-6-5-7-9-13)20(12(2)3)18(23)19-16(15)21/h4-9,12H,1,10-11H2,2-3H3,(H,19,21,23). The molecule has 0 aliphatic rings. The number of hydrogen-bond donors (Lipinski definition) is 1. The lowest BCUT2D eigenvalue weighted by Crippen LogP contribution is -2.38. The van der Waals surface area contributed by atoms with Crippen LogP contribution in [0.1, 0.15) is 41.5 Å². The second-order valence-electron chi connectivity index (χ2n) is 5.59. The fourth-order valence-electron chi connectivity index (χ4n) is 2.52. The maximum atomic E-state index is 12.3. The van der Waals surface area contributed by atoms with Crippen LogP contribution in [0.4, 0.5) is 0 Å². The van der Waals surface area contributed by atoms with E-state index < -0.39 is 17.2 Å². The Morgan fingerprint density at radius 2 is 1.96 bits per heavy atom. The van der Waals surface area contributed by atoms with Crippen molar-refractivity contribution in [3.8, 4) is 0 Å². The van der Waals surface area contributed by atoms with Crippen molar-refractivity contribution < 1.29 is 9.53 Å². The van der Waals surface area contributed by atoms with Crippen molar-refractivity contribution in [2.24, 2.45) is 0 Å². The summed E-state index contributed by atoms with van der Waals surface area (Å²) in [5.41, 5.74) is -0.194. The number of benzene rings is 1. The summed E-state index contributed by atoms with van der Waals surface area (Å²) in [5, 5.41) is 0. The van der Waals surface area contributed by atoms with Gasteiger partial charge in [-0.05, 0) is 19.4 Å². The third-order valence-electron chi connectivity index (χ3n) is 3.51. The molecule has 2 aromatic rings. The molecule has 0 aliphatic carbocycles. The summed E-state index contributed by atoms with van der Waals surface area (Å²) in [6.45, 7) is 7.10. The molecule has 1 aromatic carbocycles. The van der Waals surface area contributed by atoms with E-state index >= 15 is 0 Å². The highest BCUT2D eigenvalue weighted by Crippen LogP contribution is 2.15. The first kappa shape index (κ1) is 17.5. The van der Waals surface area contributed by atoms with Crippen molar-refractivity contribution in [3.63, 3.8) is 0 Å². The van der Waals surface area contributed by atoms with E-state index in [1.54, 1.807) is 0 Å². The molecule has 0 amide bonds. The van der Waals surface area contributed by atoms with Crippen LogP contribution < -0.4 is 11.2 Å². The molecule has 0 saturated heterocycles. The second kappa shape index (κ2) is 7.59. The molecule has 0 aliphatic heterocycles. The van der Waals surface area contributed by atoms with Gasteiger partial charge in [0.15, 0.2) is 0 Å². The Balaban J connectivity index is 2.66. The quantitative estimate of drug-likeness (QED) is 0.650. The molecule has 1 heterocycles. The van der Waals surface area contributed by atoms with E-state index in [1.807, 2.05) is 44.2 Å². The minimum atomic E-state index is -0.767. The third kappa shape index (κ3) is 3.71. The highest BCUT2D eigenvalue weighted by atomic mass is 16.5. The molecule has 1 N–H and O–H groups in total. The first-order valence-corrected chi connectivity index (χ1v) is 7.65. The van der Waals surface area contributed by atoms with Gasteiger partial charge in [-0.1, -0.05) is 43.0 Å². The number of H-pyrrole nitrogens is 1. The lowest BCUT2D eigenvalue weighted by atomic mass is 10.0. The Morgan fingerprint density at radius 3 is 2.54 bits per heavy atom. The van der Waals surface area contributed by atoms with Crippen molar-refractivity contribution in [3.05, 3.63) is 80.6 Å². The molecule has 126 valence electrons. The summed E-state index contributed by atoms with van der Waals surface area (Å²) in [7, 11) is 0. The molecule has 0 saturated carbocycles. The highest BCUT2D eigenvalue weighted by Gasteiger charge is 2.23. The summed E-state index contributed by atoms with van der Waals surface area (Å²) in [6.07, 6.45) is 1.69. The second-order valence-corrected chi connectivity index (χ2v) is 5.59. The SMILES string of the molecule is C=CCOC(=O)c1c(Cc2ccccc2)n(C(C)C)c(=O)[nH]c1=O. The number of nitrogens with zero attached hydrogens (tertiary/aromatic N) is 1. The van der Waals surface area contributed by atoms with Crippen LogP contribution in [0.15, 0.2) is 52.6 Å². The predicted octanol–water partition coefficient (Wildman–Crippen LogP) is 2.05. The number of esters is 1. The van der Waals surface area contributed by atoms with E-state index in [0.717, 1.165) is 5.56 Å². The maximum Gasteiger partial charge on any atom is 0.345 e. The Labute approximate surface area is 139 Å². The van der Waals surface area contributed by atoms with Gasteiger partial charge in [-0.3, -0.25) is 14.3 Å². The zero-order valence-electron chi connectivity index (χ0n) is 13.7. The fraction of sp³-hybridized carbons (Fsp3) is 0.278. The maximum absolute atomic E-state index is 12.3. The molecule has 0 spiro atoms. The highest BCUT2D eigenvalue weighted by molar-refractivity contribution is 5.90. The summed E-state index contributed by atoms with van der Waals surface area (Å²) in [6, 6.07) is 9.10. The van der Waals surface area contributed by atoms with Crippen LogP contribution in [-0.4, -0.2) is 22.1 Å². The minimum Gasteiger partial charge on any atom is -0.458 e. The molecule has 1 aromatic heterocycles. The summed E-state index contributed by atoms with van der Waals surface area (Å²) < 4.78 is 6.43. The van der Waals surface area contributed by atoms with Gasteiger partial charge in [0.2, 0.25) is 0 Å². The Hall–Kier alpha value is -2.89. The number of ether oxygens (including phenoxy) is 1. The van der Waals surface area contributed by atoms with E-state index in [2.05, 4.69) is 11.6 Å². The normalized spacial score (nSPS) is 10.6.